The fourth-order valence-corrected chi connectivity index (χ4v) is 1.30. The number of benzene rings is 1. The Morgan fingerprint density at radius 2 is 2.00 bits per heavy atom. The maximum atomic E-state index is 13.5. The first-order chi connectivity index (χ1) is 6.07. The molecule has 1 rings (SSSR count). The Bertz CT molecular complexity index is 308. The van der Waals surface area contributed by atoms with Crippen molar-refractivity contribution >= 4 is 0 Å². The molecule has 2 N–H and O–H groups in total. The highest BCUT2D eigenvalue weighted by Crippen LogP contribution is 2.21. The van der Waals surface area contributed by atoms with Crippen LogP contribution in [0, 0.1) is 11.6 Å². The van der Waals surface area contributed by atoms with E-state index in [1.807, 2.05) is 6.92 Å². The van der Waals surface area contributed by atoms with Crippen molar-refractivity contribution < 1.29 is 8.78 Å². The largest absolute Gasteiger partial charge is 0.324 e. The average Bonchev–Trinajstić information content (AvgIpc) is 2.04. The lowest BCUT2D eigenvalue weighted by atomic mass is 10.0. The molecule has 1 aromatic rings. The normalized spacial score (nSPS) is 13.0. The third-order valence-corrected chi connectivity index (χ3v) is 2.04. The molecule has 0 fully saturated rings. The molecule has 0 aliphatic heterocycles. The Morgan fingerprint density at radius 1 is 1.38 bits per heavy atom. The number of hydrogen-bond donors (Lipinski definition) is 1. The van der Waals surface area contributed by atoms with Crippen LogP contribution in [0.2, 0.25) is 0 Å². The molecule has 1 nitrogen and oxygen atoms in total. The Morgan fingerprint density at radius 3 is 2.46 bits per heavy atom. The van der Waals surface area contributed by atoms with Crippen LogP contribution in [-0.4, -0.2) is 0 Å². The summed E-state index contributed by atoms with van der Waals surface area (Å²) < 4.78 is 26.6. The van der Waals surface area contributed by atoms with E-state index in [-0.39, 0.29) is 5.56 Å². The summed E-state index contributed by atoms with van der Waals surface area (Å²) in [6.45, 7) is 3.39. The summed E-state index contributed by atoms with van der Waals surface area (Å²) in [5.41, 5.74) is 5.95. The number of nitrogens with two attached hydrogens (primary N) is 1. The van der Waals surface area contributed by atoms with Gasteiger partial charge in [-0.15, -0.1) is 0 Å². The van der Waals surface area contributed by atoms with E-state index in [1.54, 1.807) is 6.92 Å². The van der Waals surface area contributed by atoms with E-state index in [2.05, 4.69) is 0 Å². The molecule has 0 saturated carbocycles. The molecule has 1 atom stereocenters. The Balaban J connectivity index is 3.30. The zero-order valence-corrected chi connectivity index (χ0v) is 7.77. The van der Waals surface area contributed by atoms with E-state index >= 15 is 0 Å². The van der Waals surface area contributed by atoms with Crippen LogP contribution in [0.5, 0.6) is 0 Å². The highest BCUT2D eigenvalue weighted by atomic mass is 19.1. The molecule has 72 valence electrons. The molecule has 0 aliphatic rings. The van der Waals surface area contributed by atoms with Crippen molar-refractivity contribution in [2.45, 2.75) is 26.3 Å². The Labute approximate surface area is 76.6 Å². The van der Waals surface area contributed by atoms with E-state index in [4.69, 9.17) is 5.73 Å². The van der Waals surface area contributed by atoms with Crippen molar-refractivity contribution in [3.05, 3.63) is 34.9 Å². The average molecular weight is 185 g/mol. The zero-order chi connectivity index (χ0) is 10.0. The molecule has 0 amide bonds. The lowest BCUT2D eigenvalue weighted by Crippen LogP contribution is -2.11. The molecule has 0 radical (unpaired) electrons. The van der Waals surface area contributed by atoms with E-state index in [0.29, 0.717) is 12.0 Å². The fourth-order valence-electron chi connectivity index (χ4n) is 1.30. The van der Waals surface area contributed by atoms with Gasteiger partial charge in [0.2, 0.25) is 0 Å². The van der Waals surface area contributed by atoms with Crippen molar-refractivity contribution in [1.82, 2.24) is 0 Å². The lowest BCUT2D eigenvalue weighted by Gasteiger charge is -2.11. The predicted octanol–water partition coefficient (Wildman–Crippen LogP) is 2.55. The summed E-state index contributed by atoms with van der Waals surface area (Å²) >= 11 is 0. The number of hydrogen-bond acceptors (Lipinski definition) is 1. The van der Waals surface area contributed by atoms with Crippen molar-refractivity contribution in [1.29, 1.82) is 0 Å². The SMILES string of the molecule is CCc1ccc(F)c(C(C)N)c1F. The molecule has 0 aromatic heterocycles. The second kappa shape index (κ2) is 3.83. The van der Waals surface area contributed by atoms with Crippen molar-refractivity contribution in [3.63, 3.8) is 0 Å². The van der Waals surface area contributed by atoms with Gasteiger partial charge in [0, 0.05) is 11.6 Å². The fraction of sp³-hybridized carbons (Fsp3) is 0.400. The van der Waals surface area contributed by atoms with Gasteiger partial charge in [-0.25, -0.2) is 8.78 Å². The van der Waals surface area contributed by atoms with E-state index in [0.717, 1.165) is 0 Å². The van der Waals surface area contributed by atoms with E-state index < -0.39 is 17.7 Å². The van der Waals surface area contributed by atoms with Gasteiger partial charge in [-0.3, -0.25) is 0 Å². The van der Waals surface area contributed by atoms with Gasteiger partial charge < -0.3 is 5.73 Å². The van der Waals surface area contributed by atoms with Crippen LogP contribution in [-0.2, 0) is 6.42 Å². The summed E-state index contributed by atoms with van der Waals surface area (Å²) in [6, 6.07) is 2.11. The Kier molecular flexibility index (Phi) is 2.98. The maximum Gasteiger partial charge on any atom is 0.134 e. The lowest BCUT2D eigenvalue weighted by molar-refractivity contribution is 0.528. The Hall–Kier alpha value is -0.960. The first kappa shape index (κ1) is 10.1. The second-order valence-electron chi connectivity index (χ2n) is 3.08. The van der Waals surface area contributed by atoms with Crippen molar-refractivity contribution in [2.24, 2.45) is 5.73 Å². The monoisotopic (exact) mass is 185 g/mol. The van der Waals surface area contributed by atoms with Crippen LogP contribution in [0.25, 0.3) is 0 Å². The summed E-state index contributed by atoms with van der Waals surface area (Å²) in [4.78, 5) is 0. The van der Waals surface area contributed by atoms with Gasteiger partial charge in [0.25, 0.3) is 0 Å². The van der Waals surface area contributed by atoms with Crippen molar-refractivity contribution in [2.75, 3.05) is 0 Å². The topological polar surface area (TPSA) is 26.0 Å². The van der Waals surface area contributed by atoms with Gasteiger partial charge in [-0.2, -0.15) is 0 Å². The quantitative estimate of drug-likeness (QED) is 0.752. The maximum absolute atomic E-state index is 13.5. The second-order valence-corrected chi connectivity index (χ2v) is 3.08. The summed E-state index contributed by atoms with van der Waals surface area (Å²) in [6.07, 6.45) is 0.547. The van der Waals surface area contributed by atoms with Crippen LogP contribution in [0.1, 0.15) is 31.0 Å². The minimum atomic E-state index is -0.605. The highest BCUT2D eigenvalue weighted by Gasteiger charge is 2.15. The van der Waals surface area contributed by atoms with Gasteiger partial charge >= 0.3 is 0 Å². The smallest absolute Gasteiger partial charge is 0.134 e. The molecule has 1 unspecified atom stereocenters. The molecule has 0 aliphatic carbocycles. The van der Waals surface area contributed by atoms with Crippen molar-refractivity contribution in [3.8, 4) is 0 Å². The minimum Gasteiger partial charge on any atom is -0.324 e. The molecular formula is C10H13F2N. The minimum absolute atomic E-state index is 0.0145. The molecule has 13 heavy (non-hydrogen) atoms. The molecule has 0 bridgehead atoms. The van der Waals surface area contributed by atoms with Gasteiger partial charge in [-0.05, 0) is 25.0 Å². The van der Waals surface area contributed by atoms with Gasteiger partial charge in [0.05, 0.1) is 0 Å². The number of halogens is 2. The van der Waals surface area contributed by atoms with Gasteiger partial charge in [0.1, 0.15) is 11.6 Å². The van der Waals surface area contributed by atoms with Crippen LogP contribution < -0.4 is 5.73 Å². The van der Waals surface area contributed by atoms with Gasteiger partial charge in [0.15, 0.2) is 0 Å². The van der Waals surface area contributed by atoms with Crippen LogP contribution in [0.3, 0.4) is 0 Å². The van der Waals surface area contributed by atoms with Crippen LogP contribution >= 0.6 is 0 Å². The molecule has 3 heteroatoms. The van der Waals surface area contributed by atoms with Crippen LogP contribution in [0.4, 0.5) is 8.78 Å². The first-order valence-electron chi connectivity index (χ1n) is 4.30. The number of rotatable bonds is 2. The predicted molar refractivity (Wildman–Crippen MR) is 48.3 cm³/mol. The summed E-state index contributed by atoms with van der Waals surface area (Å²) in [7, 11) is 0. The molecule has 1 aromatic carbocycles. The molecule has 0 spiro atoms. The summed E-state index contributed by atoms with van der Waals surface area (Å²) in [5.74, 6) is -1.07. The highest BCUT2D eigenvalue weighted by molar-refractivity contribution is 5.29. The molecule has 0 heterocycles. The first-order valence-corrected chi connectivity index (χ1v) is 4.30. The standard InChI is InChI=1S/C10H13F2N/c1-3-7-4-5-8(11)9(6(2)13)10(7)12/h4-6H,3,13H2,1-2H3. The van der Waals surface area contributed by atoms with Gasteiger partial charge in [-0.1, -0.05) is 13.0 Å². The van der Waals surface area contributed by atoms with Crippen LogP contribution in [0.15, 0.2) is 12.1 Å². The molecular weight excluding hydrogens is 172 g/mol. The van der Waals surface area contributed by atoms with E-state index in [9.17, 15) is 8.78 Å². The molecule has 0 saturated heterocycles. The summed E-state index contributed by atoms with van der Waals surface area (Å²) in [5, 5.41) is 0. The third kappa shape index (κ3) is 1.86. The van der Waals surface area contributed by atoms with E-state index in [1.165, 1.54) is 12.1 Å². The third-order valence-electron chi connectivity index (χ3n) is 2.04. The number of aryl methyl sites for hydroxylation is 1. The zero-order valence-electron chi connectivity index (χ0n) is 7.77.